The summed E-state index contributed by atoms with van der Waals surface area (Å²) >= 11 is 0. The highest BCUT2D eigenvalue weighted by molar-refractivity contribution is 5.80. The lowest BCUT2D eigenvalue weighted by Crippen LogP contribution is -1.93. The maximum atomic E-state index is 6.07. The zero-order chi connectivity index (χ0) is 12.7. The number of nitrogen functional groups attached to an aromatic ring is 1. The Balaban J connectivity index is 2.22. The zero-order valence-electron chi connectivity index (χ0n) is 10.4. The molecule has 0 radical (unpaired) electrons. The standard InChI is InChI=1S/C15H14N2O/c1-9-6-7-13-12(8-9)17-15(18-13)11-5-3-4-10(2)14(11)16/h3-8H,16H2,1-2H3. The van der Waals surface area contributed by atoms with Gasteiger partial charge in [-0.3, -0.25) is 0 Å². The Morgan fingerprint density at radius 3 is 2.78 bits per heavy atom. The summed E-state index contributed by atoms with van der Waals surface area (Å²) in [5.41, 5.74) is 11.5. The molecule has 0 saturated carbocycles. The van der Waals surface area contributed by atoms with E-state index in [1.807, 2.05) is 50.2 Å². The summed E-state index contributed by atoms with van der Waals surface area (Å²) in [4.78, 5) is 4.50. The number of para-hydroxylation sites is 1. The molecule has 18 heavy (non-hydrogen) atoms. The molecule has 0 bridgehead atoms. The van der Waals surface area contributed by atoms with Crippen molar-refractivity contribution in [1.82, 2.24) is 4.98 Å². The minimum atomic E-state index is 0.580. The molecule has 1 aromatic heterocycles. The van der Waals surface area contributed by atoms with E-state index in [0.29, 0.717) is 5.89 Å². The minimum Gasteiger partial charge on any atom is -0.436 e. The van der Waals surface area contributed by atoms with Crippen molar-refractivity contribution in [3.05, 3.63) is 47.5 Å². The fourth-order valence-electron chi connectivity index (χ4n) is 2.02. The number of aryl methyl sites for hydroxylation is 2. The zero-order valence-corrected chi connectivity index (χ0v) is 10.4. The molecule has 0 spiro atoms. The molecule has 0 amide bonds. The van der Waals surface area contributed by atoms with Gasteiger partial charge in [-0.25, -0.2) is 4.98 Å². The minimum absolute atomic E-state index is 0.580. The monoisotopic (exact) mass is 238 g/mol. The van der Waals surface area contributed by atoms with Crippen LogP contribution in [0, 0.1) is 13.8 Å². The predicted molar refractivity (Wildman–Crippen MR) is 73.3 cm³/mol. The smallest absolute Gasteiger partial charge is 0.229 e. The number of benzene rings is 2. The SMILES string of the molecule is Cc1ccc2oc(-c3cccc(C)c3N)nc2c1. The Morgan fingerprint density at radius 1 is 1.11 bits per heavy atom. The highest BCUT2D eigenvalue weighted by Crippen LogP contribution is 2.30. The van der Waals surface area contributed by atoms with Crippen molar-refractivity contribution in [3.8, 4) is 11.5 Å². The lowest BCUT2D eigenvalue weighted by molar-refractivity contribution is 0.620. The van der Waals surface area contributed by atoms with Gasteiger partial charge in [-0.1, -0.05) is 18.2 Å². The third-order valence-electron chi connectivity index (χ3n) is 3.10. The molecule has 0 aliphatic rings. The molecular formula is C15H14N2O. The first kappa shape index (κ1) is 10.8. The molecule has 3 rings (SSSR count). The third kappa shape index (κ3) is 1.64. The number of oxazole rings is 1. The van der Waals surface area contributed by atoms with Crippen molar-refractivity contribution in [1.29, 1.82) is 0 Å². The molecule has 0 aliphatic carbocycles. The average molecular weight is 238 g/mol. The van der Waals surface area contributed by atoms with E-state index in [0.717, 1.165) is 27.9 Å². The van der Waals surface area contributed by atoms with Crippen LogP contribution in [0.15, 0.2) is 40.8 Å². The van der Waals surface area contributed by atoms with Gasteiger partial charge in [-0.15, -0.1) is 0 Å². The van der Waals surface area contributed by atoms with E-state index in [-0.39, 0.29) is 0 Å². The van der Waals surface area contributed by atoms with Gasteiger partial charge >= 0.3 is 0 Å². The van der Waals surface area contributed by atoms with Crippen molar-refractivity contribution in [3.63, 3.8) is 0 Å². The third-order valence-corrected chi connectivity index (χ3v) is 3.10. The second-order valence-corrected chi connectivity index (χ2v) is 4.53. The fourth-order valence-corrected chi connectivity index (χ4v) is 2.02. The molecular weight excluding hydrogens is 224 g/mol. The number of anilines is 1. The van der Waals surface area contributed by atoms with Crippen molar-refractivity contribution in [2.75, 3.05) is 5.73 Å². The fraction of sp³-hybridized carbons (Fsp3) is 0.133. The van der Waals surface area contributed by atoms with Crippen molar-refractivity contribution >= 4 is 16.8 Å². The van der Waals surface area contributed by atoms with Gasteiger partial charge in [0, 0.05) is 5.69 Å². The second kappa shape index (κ2) is 3.88. The van der Waals surface area contributed by atoms with Gasteiger partial charge in [0.2, 0.25) is 5.89 Å². The first-order valence-corrected chi connectivity index (χ1v) is 5.88. The first-order chi connectivity index (χ1) is 8.65. The van der Waals surface area contributed by atoms with E-state index < -0.39 is 0 Å². The summed E-state index contributed by atoms with van der Waals surface area (Å²) in [5, 5.41) is 0. The number of nitrogens with zero attached hydrogens (tertiary/aromatic N) is 1. The Bertz CT molecular complexity index is 728. The molecule has 0 aliphatic heterocycles. The normalized spacial score (nSPS) is 11.0. The molecule has 1 heterocycles. The summed E-state index contributed by atoms with van der Waals surface area (Å²) in [6.45, 7) is 4.01. The van der Waals surface area contributed by atoms with Gasteiger partial charge in [0.25, 0.3) is 0 Å². The second-order valence-electron chi connectivity index (χ2n) is 4.53. The van der Waals surface area contributed by atoms with Gasteiger partial charge in [0.05, 0.1) is 5.56 Å². The van der Waals surface area contributed by atoms with Gasteiger partial charge in [0.1, 0.15) is 5.52 Å². The highest BCUT2D eigenvalue weighted by Gasteiger charge is 2.11. The van der Waals surface area contributed by atoms with Crippen LogP contribution in [0.25, 0.3) is 22.6 Å². The van der Waals surface area contributed by atoms with Crippen LogP contribution in [0.5, 0.6) is 0 Å². The largest absolute Gasteiger partial charge is 0.436 e. The Labute approximate surface area is 105 Å². The van der Waals surface area contributed by atoms with Crippen LogP contribution in [-0.2, 0) is 0 Å². The van der Waals surface area contributed by atoms with Crippen molar-refractivity contribution in [2.45, 2.75) is 13.8 Å². The topological polar surface area (TPSA) is 52.0 Å². The maximum absolute atomic E-state index is 6.07. The van der Waals surface area contributed by atoms with E-state index in [9.17, 15) is 0 Å². The molecule has 90 valence electrons. The molecule has 3 heteroatoms. The van der Waals surface area contributed by atoms with Crippen LogP contribution >= 0.6 is 0 Å². The summed E-state index contributed by atoms with van der Waals surface area (Å²) in [6.07, 6.45) is 0. The van der Waals surface area contributed by atoms with E-state index in [2.05, 4.69) is 4.98 Å². The van der Waals surface area contributed by atoms with E-state index in [4.69, 9.17) is 10.2 Å². The quantitative estimate of drug-likeness (QED) is 0.658. The van der Waals surface area contributed by atoms with E-state index in [1.54, 1.807) is 0 Å². The molecule has 0 saturated heterocycles. The van der Waals surface area contributed by atoms with Crippen LogP contribution in [-0.4, -0.2) is 4.98 Å². The summed E-state index contributed by atoms with van der Waals surface area (Å²) < 4.78 is 5.75. The van der Waals surface area contributed by atoms with E-state index in [1.165, 1.54) is 5.56 Å². The number of aromatic nitrogens is 1. The van der Waals surface area contributed by atoms with Gasteiger partial charge in [0.15, 0.2) is 5.58 Å². The van der Waals surface area contributed by atoms with E-state index >= 15 is 0 Å². The van der Waals surface area contributed by atoms with Gasteiger partial charge in [-0.2, -0.15) is 0 Å². The summed E-state index contributed by atoms with van der Waals surface area (Å²) in [6, 6.07) is 11.8. The predicted octanol–water partition coefficient (Wildman–Crippen LogP) is 3.69. The lowest BCUT2D eigenvalue weighted by atomic mass is 10.1. The molecule has 2 aromatic carbocycles. The van der Waals surface area contributed by atoms with Gasteiger partial charge in [-0.05, 0) is 43.2 Å². The van der Waals surface area contributed by atoms with Crippen LogP contribution in [0.3, 0.4) is 0 Å². The van der Waals surface area contributed by atoms with Crippen LogP contribution < -0.4 is 5.73 Å². The number of hydrogen-bond acceptors (Lipinski definition) is 3. The Hall–Kier alpha value is -2.29. The highest BCUT2D eigenvalue weighted by atomic mass is 16.3. The average Bonchev–Trinajstić information content (AvgIpc) is 2.75. The number of fused-ring (bicyclic) bond motifs is 1. The molecule has 0 unspecified atom stereocenters. The Kier molecular flexibility index (Phi) is 2.33. The molecule has 0 fully saturated rings. The van der Waals surface area contributed by atoms with Crippen LogP contribution in [0.4, 0.5) is 5.69 Å². The van der Waals surface area contributed by atoms with Crippen molar-refractivity contribution in [2.24, 2.45) is 0 Å². The number of rotatable bonds is 1. The number of hydrogen-bond donors (Lipinski definition) is 1. The maximum Gasteiger partial charge on any atom is 0.229 e. The molecule has 3 nitrogen and oxygen atoms in total. The lowest BCUT2D eigenvalue weighted by Gasteiger charge is -2.03. The van der Waals surface area contributed by atoms with Gasteiger partial charge < -0.3 is 10.2 Å². The Morgan fingerprint density at radius 2 is 1.94 bits per heavy atom. The van der Waals surface area contributed by atoms with Crippen LogP contribution in [0.1, 0.15) is 11.1 Å². The molecule has 3 aromatic rings. The van der Waals surface area contributed by atoms with Crippen LogP contribution in [0.2, 0.25) is 0 Å². The summed E-state index contributed by atoms with van der Waals surface area (Å²) in [5.74, 6) is 0.580. The molecule has 0 atom stereocenters. The number of nitrogens with two attached hydrogens (primary N) is 1. The summed E-state index contributed by atoms with van der Waals surface area (Å²) in [7, 11) is 0. The van der Waals surface area contributed by atoms with Crippen molar-refractivity contribution < 1.29 is 4.42 Å². The first-order valence-electron chi connectivity index (χ1n) is 5.88. The molecule has 2 N–H and O–H groups in total.